The van der Waals surface area contributed by atoms with Crippen LogP contribution in [0.5, 0.6) is 5.75 Å². The molecule has 0 bridgehead atoms. The molecule has 0 amide bonds. The number of hydrogen-bond acceptors (Lipinski definition) is 13. The number of carbonyl (C=O) groups excluding carboxylic acids is 2. The van der Waals surface area contributed by atoms with Crippen LogP contribution >= 0.6 is 7.75 Å². The number of aryl methyl sites for hydroxylation is 1. The third-order valence-electron chi connectivity index (χ3n) is 8.59. The number of esters is 2. The number of aliphatic hydroxyl groups excluding tert-OH is 2. The van der Waals surface area contributed by atoms with E-state index in [-0.39, 0.29) is 31.3 Å². The van der Waals surface area contributed by atoms with Gasteiger partial charge in [0.15, 0.2) is 6.10 Å². The standard InChI is InChI=1S/C38H38F2N3O12P/c1-23-15-26-17-30(53-33(26)27(16-23)19-44)21-50-32(45)18-28-13-14-43(37(48)41-28)36-38(39,40)34(46)31(54-36)22-52-56(49,55-29-11-7-4-8-12-29)42-24(2)35(47)51-20-25-9-5-3-6-10-25/h3-17,24,31,34,36,44,46H,18-22H2,1-2H3,(H,42,49)/t24-,31+,34+,36+,56?/m0/s1. The summed E-state index contributed by atoms with van der Waals surface area (Å²) >= 11 is 0. The summed E-state index contributed by atoms with van der Waals surface area (Å²) in [6.07, 6.45) is -6.33. The fourth-order valence-electron chi connectivity index (χ4n) is 5.84. The Balaban J connectivity index is 1.08. The van der Waals surface area contributed by atoms with Crippen LogP contribution in [0, 0.1) is 6.92 Å². The third kappa shape index (κ3) is 9.56. The first-order valence-electron chi connectivity index (χ1n) is 17.3. The van der Waals surface area contributed by atoms with Crippen molar-refractivity contribution in [1.82, 2.24) is 14.6 Å². The molecular weight excluding hydrogens is 759 g/mol. The predicted molar refractivity (Wildman–Crippen MR) is 193 cm³/mol. The highest BCUT2D eigenvalue weighted by Gasteiger charge is 2.60. The Morgan fingerprint density at radius 1 is 1.04 bits per heavy atom. The molecule has 56 heavy (non-hydrogen) atoms. The van der Waals surface area contributed by atoms with Crippen molar-refractivity contribution in [2.75, 3.05) is 6.61 Å². The van der Waals surface area contributed by atoms with E-state index in [1.54, 1.807) is 60.7 Å². The largest absolute Gasteiger partial charge is 0.460 e. The van der Waals surface area contributed by atoms with Crippen LogP contribution in [0.25, 0.3) is 11.0 Å². The smallest absolute Gasteiger partial charge is 0.459 e. The molecular formula is C38H38F2N3O12P. The number of furan rings is 1. The zero-order valence-corrected chi connectivity index (χ0v) is 31.0. The van der Waals surface area contributed by atoms with Crippen molar-refractivity contribution in [2.24, 2.45) is 0 Å². The van der Waals surface area contributed by atoms with Crippen molar-refractivity contribution in [3.8, 4) is 5.75 Å². The zero-order valence-electron chi connectivity index (χ0n) is 30.1. The summed E-state index contributed by atoms with van der Waals surface area (Å²) in [5.41, 5.74) is 1.32. The van der Waals surface area contributed by atoms with Gasteiger partial charge < -0.3 is 33.4 Å². The third-order valence-corrected chi connectivity index (χ3v) is 10.2. The predicted octanol–water partition coefficient (Wildman–Crippen LogP) is 4.89. The van der Waals surface area contributed by atoms with Gasteiger partial charge in [-0.15, -0.1) is 0 Å². The SMILES string of the molecule is Cc1cc(CO)c2oc(COC(=O)Cc3ccn([C@@H]4O[C@H](COP(=O)(N[C@@H](C)C(=O)OCc5ccccc5)Oc5ccccc5)[C@@H](O)C4(F)F)c(=O)n3)cc2c1. The fourth-order valence-corrected chi connectivity index (χ4v) is 7.34. The van der Waals surface area contributed by atoms with E-state index in [0.717, 1.165) is 17.8 Å². The maximum Gasteiger partial charge on any atom is 0.459 e. The van der Waals surface area contributed by atoms with Crippen LogP contribution in [-0.2, 0) is 59.1 Å². The number of ether oxygens (including phenoxy) is 3. The normalized spacial score (nSPS) is 19.3. The number of aromatic nitrogens is 2. The lowest BCUT2D eigenvalue weighted by Crippen LogP contribution is -2.42. The van der Waals surface area contributed by atoms with E-state index in [2.05, 4.69) is 10.1 Å². The molecule has 0 saturated carbocycles. The Kier molecular flexibility index (Phi) is 12.4. The highest BCUT2D eigenvalue weighted by Crippen LogP contribution is 2.48. The Morgan fingerprint density at radius 2 is 1.75 bits per heavy atom. The molecule has 1 aliphatic rings. The minimum atomic E-state index is -4.56. The van der Waals surface area contributed by atoms with Crippen LogP contribution < -0.4 is 15.3 Å². The van der Waals surface area contributed by atoms with Crippen molar-refractivity contribution in [2.45, 2.75) is 70.5 Å². The van der Waals surface area contributed by atoms with E-state index in [1.807, 2.05) is 13.0 Å². The van der Waals surface area contributed by atoms with Gasteiger partial charge in [0.25, 0.3) is 0 Å². The summed E-state index contributed by atoms with van der Waals surface area (Å²) in [6.45, 7) is 1.68. The summed E-state index contributed by atoms with van der Waals surface area (Å²) in [6, 6.07) is 21.6. The molecule has 3 heterocycles. The number of aliphatic hydroxyl groups is 2. The van der Waals surface area contributed by atoms with E-state index in [0.29, 0.717) is 32.4 Å². The molecule has 15 nitrogen and oxygen atoms in total. The average molecular weight is 798 g/mol. The Morgan fingerprint density at radius 3 is 2.45 bits per heavy atom. The highest BCUT2D eigenvalue weighted by molar-refractivity contribution is 7.52. The second-order valence-corrected chi connectivity index (χ2v) is 14.6. The van der Waals surface area contributed by atoms with Gasteiger partial charge in [-0.3, -0.25) is 18.7 Å². The van der Waals surface area contributed by atoms with E-state index in [1.165, 1.54) is 19.1 Å². The Hall–Kier alpha value is -5.29. The Bertz CT molecular complexity index is 2270. The molecule has 0 radical (unpaired) electrons. The number of benzene rings is 3. The number of nitrogens with one attached hydrogen (secondary N) is 1. The number of rotatable bonds is 16. The van der Waals surface area contributed by atoms with Gasteiger partial charge in [0.05, 0.1) is 25.3 Å². The summed E-state index contributed by atoms with van der Waals surface area (Å²) in [4.78, 5) is 42.0. The number of nitrogens with zero attached hydrogens (tertiary/aromatic N) is 2. The van der Waals surface area contributed by atoms with Gasteiger partial charge in [0, 0.05) is 17.1 Å². The van der Waals surface area contributed by atoms with E-state index < -0.39 is 68.8 Å². The lowest BCUT2D eigenvalue weighted by atomic mass is 10.1. The van der Waals surface area contributed by atoms with E-state index in [4.69, 9.17) is 27.7 Å². The first-order valence-corrected chi connectivity index (χ1v) is 18.8. The second kappa shape index (κ2) is 17.2. The van der Waals surface area contributed by atoms with Gasteiger partial charge in [-0.25, -0.2) is 9.36 Å². The highest BCUT2D eigenvalue weighted by atomic mass is 31.2. The molecule has 1 aliphatic heterocycles. The summed E-state index contributed by atoms with van der Waals surface area (Å²) in [5, 5.41) is 23.4. The van der Waals surface area contributed by atoms with E-state index in [9.17, 15) is 29.2 Å². The number of fused-ring (bicyclic) bond motifs is 1. The second-order valence-electron chi connectivity index (χ2n) is 12.9. The van der Waals surface area contributed by atoms with Crippen LogP contribution in [0.2, 0.25) is 0 Å². The van der Waals surface area contributed by atoms with Crippen molar-refractivity contribution < 1.29 is 60.8 Å². The molecule has 5 aromatic rings. The minimum Gasteiger partial charge on any atom is -0.460 e. The first-order chi connectivity index (χ1) is 26.7. The van der Waals surface area contributed by atoms with Crippen LogP contribution in [0.15, 0.2) is 100 Å². The molecule has 18 heteroatoms. The molecule has 0 aliphatic carbocycles. The van der Waals surface area contributed by atoms with Gasteiger partial charge >= 0.3 is 31.3 Å². The molecule has 1 fully saturated rings. The first kappa shape index (κ1) is 40.4. The number of alkyl halides is 2. The number of carbonyl (C=O) groups is 2. The lowest BCUT2D eigenvalue weighted by molar-refractivity contribution is -0.147. The molecule has 0 spiro atoms. The summed E-state index contributed by atoms with van der Waals surface area (Å²) in [7, 11) is -4.56. The minimum absolute atomic E-state index is 0.0483. The molecule has 6 rings (SSSR count). The van der Waals surface area contributed by atoms with Crippen LogP contribution in [0.4, 0.5) is 8.78 Å². The molecule has 3 aromatic carbocycles. The van der Waals surface area contributed by atoms with Crippen molar-refractivity contribution in [1.29, 1.82) is 0 Å². The number of halogens is 2. The van der Waals surface area contributed by atoms with Gasteiger partial charge in [-0.05, 0) is 55.3 Å². The maximum atomic E-state index is 15.5. The summed E-state index contributed by atoms with van der Waals surface area (Å²) < 4.78 is 77.9. The molecule has 296 valence electrons. The van der Waals surface area contributed by atoms with Crippen molar-refractivity contribution >= 4 is 30.7 Å². The van der Waals surface area contributed by atoms with E-state index >= 15 is 8.78 Å². The van der Waals surface area contributed by atoms with Gasteiger partial charge in [-0.1, -0.05) is 54.6 Å². The van der Waals surface area contributed by atoms with Crippen LogP contribution in [-0.4, -0.2) is 62.5 Å². The van der Waals surface area contributed by atoms with Crippen LogP contribution in [0.1, 0.15) is 41.3 Å². The van der Waals surface area contributed by atoms with Gasteiger partial charge in [-0.2, -0.15) is 18.9 Å². The monoisotopic (exact) mass is 797 g/mol. The zero-order chi connectivity index (χ0) is 40.0. The topological polar surface area (TPSA) is 198 Å². The number of para-hydroxylation sites is 1. The van der Waals surface area contributed by atoms with Gasteiger partial charge in [0.1, 0.15) is 42.5 Å². The molecule has 2 aromatic heterocycles. The van der Waals surface area contributed by atoms with Crippen molar-refractivity contribution in [3.05, 3.63) is 130 Å². The lowest BCUT2D eigenvalue weighted by Gasteiger charge is -2.24. The molecule has 5 atom stereocenters. The van der Waals surface area contributed by atoms with Crippen LogP contribution in [0.3, 0.4) is 0 Å². The van der Waals surface area contributed by atoms with Crippen molar-refractivity contribution in [3.63, 3.8) is 0 Å². The molecule has 3 N–H and O–H groups in total. The average Bonchev–Trinajstić information content (AvgIpc) is 3.69. The van der Waals surface area contributed by atoms with Gasteiger partial charge in [0.2, 0.25) is 6.23 Å². The number of hydrogen-bond donors (Lipinski definition) is 3. The molecule has 1 saturated heterocycles. The summed E-state index contributed by atoms with van der Waals surface area (Å²) in [5.74, 6) is -5.33. The quantitative estimate of drug-likeness (QED) is 0.0901. The fraction of sp³-hybridized carbons (Fsp3) is 0.316. The maximum absolute atomic E-state index is 15.5. The Labute approximate surface area is 318 Å². The molecule has 1 unspecified atom stereocenters.